The minimum atomic E-state index is -4.72. The molecule has 0 spiro atoms. The lowest BCUT2D eigenvalue weighted by Crippen LogP contribution is -2.53. The molecule has 1 aliphatic carbocycles. The SMILES string of the molecule is Cn1ccc(S(=O)(=O)N2CCC3=CC(=Nc4ccc(F)cc4)/C(=C\N)C[C@]3(C(=O)c3cc(C(F)(F)F)ccn3)C2)n1. The Balaban J connectivity index is 1.64. The molecule has 5 rings (SSSR count). The van der Waals surface area contributed by atoms with E-state index in [4.69, 9.17) is 5.73 Å². The highest BCUT2D eigenvalue weighted by Crippen LogP contribution is 2.48. The van der Waals surface area contributed by atoms with Crippen molar-refractivity contribution in [3.8, 4) is 0 Å². The molecule has 3 aromatic rings. The number of nitrogens with zero attached hydrogens (tertiary/aromatic N) is 5. The van der Waals surface area contributed by atoms with Crippen LogP contribution in [-0.2, 0) is 23.2 Å². The third kappa shape index (κ3) is 5.32. The molecule has 0 amide bonds. The standard InChI is InChI=1S/C27H24F4N6O3S/c1-36-10-8-24(35-36)41(39,40)37-11-7-18-12-22(34-21-4-2-20(28)3-5-21)17(15-32)14-26(18,16-37)25(38)23-13-19(6-9-33-23)27(29,30)31/h2-6,8-10,12-13,15H,7,11,14,16,32H2,1H3/b17-15-,34-22?/t26-/m0/s1. The van der Waals surface area contributed by atoms with E-state index in [0.717, 1.165) is 16.6 Å². The maximum absolute atomic E-state index is 14.2. The molecular formula is C27H24F4N6O3S. The van der Waals surface area contributed by atoms with Crippen molar-refractivity contribution in [1.82, 2.24) is 19.1 Å². The van der Waals surface area contributed by atoms with Crippen LogP contribution in [0.5, 0.6) is 0 Å². The number of Topliss-reactive ketones (excluding diaryl/α,β-unsaturated/α-hetero) is 1. The van der Waals surface area contributed by atoms with Crippen LogP contribution in [0, 0.1) is 11.2 Å². The summed E-state index contributed by atoms with van der Waals surface area (Å²) in [5, 5.41) is 3.77. The number of benzene rings is 1. The summed E-state index contributed by atoms with van der Waals surface area (Å²) >= 11 is 0. The lowest BCUT2D eigenvalue weighted by molar-refractivity contribution is -0.137. The number of fused-ring (bicyclic) bond motifs is 1. The molecule has 14 heteroatoms. The zero-order valence-corrected chi connectivity index (χ0v) is 22.5. The fraction of sp³-hybridized carbons (Fsp3) is 0.259. The number of allylic oxidation sites excluding steroid dienone is 2. The van der Waals surface area contributed by atoms with Crippen LogP contribution in [0.2, 0.25) is 0 Å². The summed E-state index contributed by atoms with van der Waals surface area (Å²) in [6, 6.07) is 8.11. The van der Waals surface area contributed by atoms with Gasteiger partial charge in [0.25, 0.3) is 10.0 Å². The van der Waals surface area contributed by atoms with E-state index in [2.05, 4.69) is 15.1 Å². The number of piperidine rings is 1. The Kier molecular flexibility index (Phi) is 7.15. The van der Waals surface area contributed by atoms with E-state index in [-0.39, 0.29) is 31.0 Å². The second-order valence-electron chi connectivity index (χ2n) is 9.77. The number of hydrogen-bond donors (Lipinski definition) is 1. The van der Waals surface area contributed by atoms with Crippen molar-refractivity contribution in [3.63, 3.8) is 0 Å². The molecule has 3 heterocycles. The molecule has 0 unspecified atom stereocenters. The molecule has 0 saturated carbocycles. The van der Waals surface area contributed by atoms with Gasteiger partial charge >= 0.3 is 6.18 Å². The van der Waals surface area contributed by atoms with Gasteiger partial charge in [0.2, 0.25) is 0 Å². The van der Waals surface area contributed by atoms with Gasteiger partial charge in [0.1, 0.15) is 11.5 Å². The predicted octanol–water partition coefficient (Wildman–Crippen LogP) is 4.18. The minimum absolute atomic E-state index is 0.0126. The first kappa shape index (κ1) is 28.4. The van der Waals surface area contributed by atoms with Gasteiger partial charge in [0.05, 0.1) is 22.4 Å². The Bertz CT molecular complexity index is 1710. The van der Waals surface area contributed by atoms with Crippen molar-refractivity contribution in [1.29, 1.82) is 0 Å². The van der Waals surface area contributed by atoms with Crippen LogP contribution in [0.15, 0.2) is 88.3 Å². The normalized spacial score (nSPS) is 22.0. The number of halogens is 4. The Morgan fingerprint density at radius 3 is 2.54 bits per heavy atom. The fourth-order valence-electron chi connectivity index (χ4n) is 5.07. The van der Waals surface area contributed by atoms with Gasteiger partial charge in [-0.15, -0.1) is 0 Å². The first-order valence-corrected chi connectivity index (χ1v) is 13.8. The largest absolute Gasteiger partial charge is 0.416 e. The number of carbonyl (C=O) groups is 1. The monoisotopic (exact) mass is 588 g/mol. The molecule has 1 atom stereocenters. The van der Waals surface area contributed by atoms with Crippen molar-refractivity contribution in [2.24, 2.45) is 23.2 Å². The summed E-state index contributed by atoms with van der Waals surface area (Å²) in [6.07, 6.45) is 0.379. The molecule has 1 aliphatic heterocycles. The molecule has 1 aromatic carbocycles. The number of sulfonamides is 1. The number of rotatable bonds is 5. The molecule has 0 bridgehead atoms. The number of aromatic nitrogens is 3. The van der Waals surface area contributed by atoms with Gasteiger partial charge in [-0.2, -0.15) is 22.6 Å². The number of carbonyl (C=O) groups excluding carboxylic acids is 1. The molecule has 41 heavy (non-hydrogen) atoms. The quantitative estimate of drug-likeness (QED) is 0.352. The number of hydrogen-bond acceptors (Lipinski definition) is 7. The Labute approximate surface area is 232 Å². The number of aliphatic imine (C=N–C) groups is 1. The zero-order chi connectivity index (χ0) is 29.6. The average Bonchev–Trinajstić information content (AvgIpc) is 3.40. The van der Waals surface area contributed by atoms with Crippen LogP contribution in [0.1, 0.15) is 28.9 Å². The van der Waals surface area contributed by atoms with Crippen LogP contribution in [0.25, 0.3) is 0 Å². The highest BCUT2D eigenvalue weighted by Gasteiger charge is 2.52. The number of alkyl halides is 3. The summed E-state index contributed by atoms with van der Waals surface area (Å²) < 4.78 is 83.4. The third-order valence-electron chi connectivity index (χ3n) is 7.15. The van der Waals surface area contributed by atoms with Gasteiger partial charge < -0.3 is 5.73 Å². The van der Waals surface area contributed by atoms with Crippen molar-refractivity contribution >= 4 is 27.2 Å². The van der Waals surface area contributed by atoms with Crippen LogP contribution >= 0.6 is 0 Å². The van der Waals surface area contributed by atoms with E-state index in [1.807, 2.05) is 0 Å². The summed E-state index contributed by atoms with van der Waals surface area (Å²) in [5.41, 5.74) is 4.40. The van der Waals surface area contributed by atoms with Crippen molar-refractivity contribution in [2.45, 2.75) is 24.0 Å². The molecule has 2 aromatic heterocycles. The van der Waals surface area contributed by atoms with Crippen LogP contribution < -0.4 is 5.73 Å². The molecule has 9 nitrogen and oxygen atoms in total. The topological polar surface area (TPSA) is 124 Å². The molecule has 2 aliphatic rings. The number of aryl methyl sites for hydroxylation is 1. The first-order chi connectivity index (χ1) is 19.3. The predicted molar refractivity (Wildman–Crippen MR) is 141 cm³/mol. The molecule has 214 valence electrons. The number of ketones is 1. The zero-order valence-electron chi connectivity index (χ0n) is 21.6. The maximum atomic E-state index is 14.2. The van der Waals surface area contributed by atoms with E-state index in [1.165, 1.54) is 47.4 Å². The molecule has 1 fully saturated rings. The van der Waals surface area contributed by atoms with Gasteiger partial charge in [-0.25, -0.2) is 17.8 Å². The van der Waals surface area contributed by atoms with Gasteiger partial charge in [-0.3, -0.25) is 14.5 Å². The lowest BCUT2D eigenvalue weighted by atomic mass is 9.64. The van der Waals surface area contributed by atoms with Crippen molar-refractivity contribution in [3.05, 3.63) is 95.4 Å². The highest BCUT2D eigenvalue weighted by molar-refractivity contribution is 7.89. The third-order valence-corrected chi connectivity index (χ3v) is 8.89. The molecule has 2 N–H and O–H groups in total. The van der Waals surface area contributed by atoms with E-state index < -0.39 is 44.5 Å². The summed E-state index contributed by atoms with van der Waals surface area (Å²) in [6.45, 7) is -0.392. The van der Waals surface area contributed by atoms with Crippen LogP contribution in [0.3, 0.4) is 0 Å². The van der Waals surface area contributed by atoms with Crippen LogP contribution in [0.4, 0.5) is 23.2 Å². The molecular weight excluding hydrogens is 564 g/mol. The molecule has 0 radical (unpaired) electrons. The maximum Gasteiger partial charge on any atom is 0.416 e. The Hall–Kier alpha value is -4.17. The minimum Gasteiger partial charge on any atom is -0.404 e. The molecule has 1 saturated heterocycles. The van der Waals surface area contributed by atoms with Crippen LogP contribution in [-0.4, -0.2) is 52.1 Å². The van der Waals surface area contributed by atoms with Crippen molar-refractivity contribution < 1.29 is 30.8 Å². The number of nitrogens with two attached hydrogens (primary N) is 1. The number of pyridine rings is 1. The van der Waals surface area contributed by atoms with Gasteiger partial charge in [0, 0.05) is 32.5 Å². The Morgan fingerprint density at radius 1 is 1.17 bits per heavy atom. The first-order valence-electron chi connectivity index (χ1n) is 12.4. The average molecular weight is 589 g/mol. The smallest absolute Gasteiger partial charge is 0.404 e. The summed E-state index contributed by atoms with van der Waals surface area (Å²) in [5.74, 6) is -1.24. The van der Waals surface area contributed by atoms with Gasteiger partial charge in [0.15, 0.2) is 10.8 Å². The summed E-state index contributed by atoms with van der Waals surface area (Å²) in [4.78, 5) is 22.6. The summed E-state index contributed by atoms with van der Waals surface area (Å²) in [7, 11) is -2.60. The van der Waals surface area contributed by atoms with Gasteiger partial charge in [-0.05, 0) is 73.2 Å². The second-order valence-corrected chi connectivity index (χ2v) is 11.7. The van der Waals surface area contributed by atoms with E-state index in [9.17, 15) is 30.8 Å². The fourth-order valence-corrected chi connectivity index (χ4v) is 6.52. The second kappa shape index (κ2) is 10.3. The highest BCUT2D eigenvalue weighted by atomic mass is 32.2. The van der Waals surface area contributed by atoms with E-state index >= 15 is 0 Å². The lowest BCUT2D eigenvalue weighted by Gasteiger charge is -2.45. The Morgan fingerprint density at radius 2 is 1.90 bits per heavy atom. The van der Waals surface area contributed by atoms with Crippen molar-refractivity contribution in [2.75, 3.05) is 13.1 Å². The van der Waals surface area contributed by atoms with Gasteiger partial charge in [-0.1, -0.05) is 5.57 Å². The van der Waals surface area contributed by atoms with E-state index in [1.54, 1.807) is 13.1 Å². The van der Waals surface area contributed by atoms with E-state index in [0.29, 0.717) is 28.6 Å².